The van der Waals surface area contributed by atoms with Gasteiger partial charge in [0.15, 0.2) is 11.5 Å². The van der Waals surface area contributed by atoms with E-state index in [9.17, 15) is 0 Å². The van der Waals surface area contributed by atoms with Crippen molar-refractivity contribution in [2.45, 2.75) is 6.42 Å². The van der Waals surface area contributed by atoms with Gasteiger partial charge in [-0.3, -0.25) is 0 Å². The molecule has 0 saturated carbocycles. The van der Waals surface area contributed by atoms with Crippen LogP contribution in [0.3, 0.4) is 0 Å². The van der Waals surface area contributed by atoms with Gasteiger partial charge in [-0.15, -0.1) is 0 Å². The van der Waals surface area contributed by atoms with Crippen LogP contribution in [0.1, 0.15) is 5.56 Å². The van der Waals surface area contributed by atoms with Crippen LogP contribution in [0.4, 0.5) is 5.69 Å². The molecule has 0 atom stereocenters. The van der Waals surface area contributed by atoms with Gasteiger partial charge in [0, 0.05) is 11.8 Å². The molecule has 13 heavy (non-hydrogen) atoms. The van der Waals surface area contributed by atoms with E-state index in [0.29, 0.717) is 6.79 Å². The molecule has 0 aliphatic carbocycles. The summed E-state index contributed by atoms with van der Waals surface area (Å²) >= 11 is 0. The quantitative estimate of drug-likeness (QED) is 0.653. The normalized spacial score (nSPS) is 16.6. The van der Waals surface area contributed by atoms with E-state index in [4.69, 9.17) is 9.47 Å². The van der Waals surface area contributed by atoms with E-state index in [1.165, 1.54) is 5.56 Å². The average Bonchev–Trinajstić information content (AvgIpc) is 2.61. The lowest BCUT2D eigenvalue weighted by atomic mass is 10.1. The van der Waals surface area contributed by atoms with Crippen molar-refractivity contribution in [2.75, 3.05) is 12.1 Å². The fourth-order valence-electron chi connectivity index (χ4n) is 1.62. The Morgan fingerprint density at radius 1 is 1.15 bits per heavy atom. The number of nitrogens with one attached hydrogen (secondary N) is 1. The minimum absolute atomic E-state index is 0.339. The molecule has 1 aromatic rings. The molecule has 0 bridgehead atoms. The smallest absolute Gasteiger partial charge is 0.231 e. The molecule has 0 saturated heterocycles. The van der Waals surface area contributed by atoms with Gasteiger partial charge in [0.2, 0.25) is 6.79 Å². The van der Waals surface area contributed by atoms with Crippen LogP contribution < -0.4 is 14.8 Å². The largest absolute Gasteiger partial charge is 0.454 e. The molecule has 3 heteroatoms. The topological polar surface area (TPSA) is 30.5 Å². The van der Waals surface area contributed by atoms with Crippen LogP contribution in [0.25, 0.3) is 0 Å². The van der Waals surface area contributed by atoms with E-state index in [2.05, 4.69) is 11.4 Å². The zero-order valence-electron chi connectivity index (χ0n) is 7.04. The lowest BCUT2D eigenvalue weighted by Gasteiger charge is -2.12. The molecule has 3 rings (SSSR count). The number of allylic oxidation sites excluding steroid dienone is 1. The van der Waals surface area contributed by atoms with Gasteiger partial charge in [0.05, 0.1) is 0 Å². The number of hydrogen-bond donors (Lipinski definition) is 1. The Kier molecular flexibility index (Phi) is 1.27. The van der Waals surface area contributed by atoms with Gasteiger partial charge in [0.25, 0.3) is 0 Å². The summed E-state index contributed by atoms with van der Waals surface area (Å²) in [6, 6.07) is 4.02. The maximum absolute atomic E-state index is 5.29. The first-order chi connectivity index (χ1) is 6.43. The minimum atomic E-state index is 0.339. The summed E-state index contributed by atoms with van der Waals surface area (Å²) in [5, 5.41) is 3.18. The number of fused-ring (bicyclic) bond motifs is 2. The van der Waals surface area contributed by atoms with Crippen LogP contribution in [-0.2, 0) is 6.42 Å². The molecule has 0 unspecified atom stereocenters. The van der Waals surface area contributed by atoms with E-state index in [0.717, 1.165) is 23.6 Å². The van der Waals surface area contributed by atoms with Gasteiger partial charge < -0.3 is 14.8 Å². The van der Waals surface area contributed by atoms with Crippen molar-refractivity contribution in [2.24, 2.45) is 0 Å². The van der Waals surface area contributed by atoms with Crippen LogP contribution in [0, 0.1) is 0 Å². The van der Waals surface area contributed by atoms with E-state index < -0.39 is 0 Å². The van der Waals surface area contributed by atoms with Crippen molar-refractivity contribution in [3.05, 3.63) is 30.0 Å². The lowest BCUT2D eigenvalue weighted by molar-refractivity contribution is 0.174. The first-order valence-corrected chi connectivity index (χ1v) is 4.27. The Morgan fingerprint density at radius 2 is 2.00 bits per heavy atom. The zero-order valence-corrected chi connectivity index (χ0v) is 7.04. The van der Waals surface area contributed by atoms with Crippen LogP contribution in [0.2, 0.25) is 0 Å². The van der Waals surface area contributed by atoms with E-state index in [1.807, 2.05) is 18.3 Å². The fraction of sp³-hybridized carbons (Fsp3) is 0.200. The molecule has 2 heterocycles. The molecule has 0 spiro atoms. The Bertz CT molecular complexity index is 350. The minimum Gasteiger partial charge on any atom is -0.454 e. The van der Waals surface area contributed by atoms with Crippen LogP contribution in [0.5, 0.6) is 11.5 Å². The van der Waals surface area contributed by atoms with Crippen molar-refractivity contribution >= 4 is 5.69 Å². The maximum Gasteiger partial charge on any atom is 0.231 e. The Hall–Kier alpha value is -1.64. The SMILES string of the molecule is C1=CNc2cc3c(cc2C1)OCO3. The second-order valence-corrected chi connectivity index (χ2v) is 3.11. The highest BCUT2D eigenvalue weighted by atomic mass is 16.7. The maximum atomic E-state index is 5.29. The second kappa shape index (κ2) is 2.42. The molecule has 3 nitrogen and oxygen atoms in total. The summed E-state index contributed by atoms with van der Waals surface area (Å²) in [5.74, 6) is 1.69. The van der Waals surface area contributed by atoms with Crippen molar-refractivity contribution in [3.8, 4) is 11.5 Å². The number of hydrogen-bond acceptors (Lipinski definition) is 3. The molecule has 0 amide bonds. The Balaban J connectivity index is 2.14. The second-order valence-electron chi connectivity index (χ2n) is 3.11. The third kappa shape index (κ3) is 0.967. The summed E-state index contributed by atoms with van der Waals surface area (Å²) in [6.45, 7) is 0.339. The first-order valence-electron chi connectivity index (χ1n) is 4.27. The van der Waals surface area contributed by atoms with Gasteiger partial charge in [-0.1, -0.05) is 6.08 Å². The molecule has 2 aliphatic rings. The molecule has 66 valence electrons. The molecular weight excluding hydrogens is 166 g/mol. The summed E-state index contributed by atoms with van der Waals surface area (Å²) in [6.07, 6.45) is 4.99. The van der Waals surface area contributed by atoms with Crippen molar-refractivity contribution < 1.29 is 9.47 Å². The van der Waals surface area contributed by atoms with Gasteiger partial charge in [-0.25, -0.2) is 0 Å². The predicted octanol–water partition coefficient (Wildman–Crippen LogP) is 1.90. The molecule has 2 aliphatic heterocycles. The monoisotopic (exact) mass is 175 g/mol. The molecule has 0 aromatic heterocycles. The summed E-state index contributed by atoms with van der Waals surface area (Å²) in [7, 11) is 0. The van der Waals surface area contributed by atoms with Crippen LogP contribution in [-0.4, -0.2) is 6.79 Å². The highest BCUT2D eigenvalue weighted by Gasteiger charge is 2.17. The summed E-state index contributed by atoms with van der Waals surface area (Å²) < 4.78 is 10.6. The average molecular weight is 175 g/mol. The third-order valence-corrected chi connectivity index (χ3v) is 2.29. The highest BCUT2D eigenvalue weighted by Crippen LogP contribution is 2.38. The Morgan fingerprint density at radius 3 is 2.92 bits per heavy atom. The van der Waals surface area contributed by atoms with Gasteiger partial charge in [-0.2, -0.15) is 0 Å². The van der Waals surface area contributed by atoms with E-state index >= 15 is 0 Å². The standard InChI is InChI=1S/C10H9NO2/c1-2-7-4-9-10(13-6-12-9)5-8(7)11-3-1/h1,3-5,11H,2,6H2. The van der Waals surface area contributed by atoms with E-state index in [1.54, 1.807) is 0 Å². The number of ether oxygens (including phenoxy) is 2. The molecule has 1 aromatic carbocycles. The Labute approximate surface area is 76.0 Å². The molecular formula is C10H9NO2. The predicted molar refractivity (Wildman–Crippen MR) is 49.0 cm³/mol. The molecule has 1 N–H and O–H groups in total. The van der Waals surface area contributed by atoms with Gasteiger partial charge in [-0.05, 0) is 24.3 Å². The van der Waals surface area contributed by atoms with Crippen LogP contribution in [0.15, 0.2) is 24.4 Å². The third-order valence-electron chi connectivity index (χ3n) is 2.29. The molecule has 0 radical (unpaired) electrons. The summed E-state index contributed by atoms with van der Waals surface area (Å²) in [5.41, 5.74) is 2.37. The molecule has 0 fully saturated rings. The van der Waals surface area contributed by atoms with Gasteiger partial charge >= 0.3 is 0 Å². The number of anilines is 1. The summed E-state index contributed by atoms with van der Waals surface area (Å²) in [4.78, 5) is 0. The van der Waals surface area contributed by atoms with Crippen molar-refractivity contribution in [3.63, 3.8) is 0 Å². The zero-order chi connectivity index (χ0) is 8.67. The van der Waals surface area contributed by atoms with E-state index in [-0.39, 0.29) is 0 Å². The number of rotatable bonds is 0. The lowest BCUT2D eigenvalue weighted by Crippen LogP contribution is -1.99. The van der Waals surface area contributed by atoms with Crippen LogP contribution >= 0.6 is 0 Å². The van der Waals surface area contributed by atoms with Crippen molar-refractivity contribution in [1.29, 1.82) is 0 Å². The van der Waals surface area contributed by atoms with Gasteiger partial charge in [0.1, 0.15) is 0 Å². The number of benzene rings is 1. The highest BCUT2D eigenvalue weighted by molar-refractivity contribution is 5.64. The first kappa shape index (κ1) is 6.83. The van der Waals surface area contributed by atoms with Crippen molar-refractivity contribution in [1.82, 2.24) is 0 Å². The fourth-order valence-corrected chi connectivity index (χ4v) is 1.62.